The first-order valence-electron chi connectivity index (χ1n) is 6.03. The number of nitrogens with zero attached hydrogens (tertiary/aromatic N) is 2. The molecule has 0 bridgehead atoms. The third kappa shape index (κ3) is 2.87. The molecule has 19 heavy (non-hydrogen) atoms. The van der Waals surface area contributed by atoms with Crippen molar-refractivity contribution in [1.29, 1.82) is 0 Å². The number of carbonyl (C=O) groups is 1. The first kappa shape index (κ1) is 13.8. The lowest BCUT2D eigenvalue weighted by Gasteiger charge is -2.06. The zero-order valence-corrected chi connectivity index (χ0v) is 12.7. The summed E-state index contributed by atoms with van der Waals surface area (Å²) in [7, 11) is 1.84. The van der Waals surface area contributed by atoms with Crippen LogP contribution < -0.4 is 4.74 Å². The summed E-state index contributed by atoms with van der Waals surface area (Å²) in [4.78, 5) is 15.9. The topological polar surface area (TPSA) is 44.1 Å². The van der Waals surface area contributed by atoms with Crippen molar-refractivity contribution >= 4 is 21.9 Å². The van der Waals surface area contributed by atoms with Crippen molar-refractivity contribution in [3.63, 3.8) is 0 Å². The molecule has 0 spiro atoms. The monoisotopic (exact) mass is 322 g/mol. The first-order valence-corrected chi connectivity index (χ1v) is 6.82. The van der Waals surface area contributed by atoms with Gasteiger partial charge in [0, 0.05) is 23.5 Å². The van der Waals surface area contributed by atoms with Crippen molar-refractivity contribution in [2.75, 3.05) is 0 Å². The van der Waals surface area contributed by atoms with Crippen LogP contribution in [0.1, 0.15) is 19.0 Å². The lowest BCUT2D eigenvalue weighted by atomic mass is 10.2. The van der Waals surface area contributed by atoms with Gasteiger partial charge in [-0.1, -0.05) is 35.0 Å². The van der Waals surface area contributed by atoms with Gasteiger partial charge in [-0.2, -0.15) is 0 Å². The Morgan fingerprint density at radius 2 is 2.00 bits per heavy atom. The largest absolute Gasteiger partial charge is 0.407 e. The number of imidazole rings is 1. The number of rotatable bonds is 3. The number of esters is 1. The molecule has 0 saturated heterocycles. The maximum absolute atomic E-state index is 11.4. The number of ether oxygens (including phenoxy) is 1. The minimum atomic E-state index is -0.256. The van der Waals surface area contributed by atoms with Crippen LogP contribution in [0.4, 0.5) is 0 Å². The van der Waals surface area contributed by atoms with E-state index in [1.807, 2.05) is 38.2 Å². The van der Waals surface area contributed by atoms with Crippen LogP contribution in [-0.4, -0.2) is 15.5 Å². The second-order valence-electron chi connectivity index (χ2n) is 4.22. The van der Waals surface area contributed by atoms with Gasteiger partial charge in [0.15, 0.2) is 0 Å². The van der Waals surface area contributed by atoms with Gasteiger partial charge in [0.2, 0.25) is 5.88 Å². The van der Waals surface area contributed by atoms with Crippen LogP contribution in [0.15, 0.2) is 28.7 Å². The predicted octanol–water partition coefficient (Wildman–Crippen LogP) is 3.47. The van der Waals surface area contributed by atoms with Crippen LogP contribution in [0, 0.1) is 6.92 Å². The Morgan fingerprint density at radius 1 is 1.37 bits per heavy atom. The highest BCUT2D eigenvalue weighted by Gasteiger charge is 2.16. The van der Waals surface area contributed by atoms with Gasteiger partial charge < -0.3 is 4.74 Å². The smallest absolute Gasteiger partial charge is 0.312 e. The normalized spacial score (nSPS) is 10.5. The van der Waals surface area contributed by atoms with Crippen LogP contribution in [0.25, 0.3) is 11.4 Å². The van der Waals surface area contributed by atoms with Crippen LogP contribution in [-0.2, 0) is 11.8 Å². The molecule has 2 aromatic rings. The van der Waals surface area contributed by atoms with Gasteiger partial charge in [-0.3, -0.25) is 9.36 Å². The number of carbonyl (C=O) groups excluding carboxylic acids is 1. The maximum Gasteiger partial charge on any atom is 0.312 e. The highest BCUT2D eigenvalue weighted by Crippen LogP contribution is 2.27. The average molecular weight is 323 g/mol. The molecule has 1 aromatic carbocycles. The summed E-state index contributed by atoms with van der Waals surface area (Å²) in [5.74, 6) is 1.03. The van der Waals surface area contributed by atoms with E-state index in [4.69, 9.17) is 4.74 Å². The maximum atomic E-state index is 11.4. The molecule has 0 fully saturated rings. The molecule has 0 saturated carbocycles. The van der Waals surface area contributed by atoms with Crippen molar-refractivity contribution in [3.05, 3.63) is 34.4 Å². The Morgan fingerprint density at radius 3 is 2.58 bits per heavy atom. The minimum Gasteiger partial charge on any atom is -0.407 e. The molecular weight excluding hydrogens is 308 g/mol. The molecule has 2 rings (SSSR count). The number of hydrogen-bond acceptors (Lipinski definition) is 3. The van der Waals surface area contributed by atoms with Gasteiger partial charge in [0.1, 0.15) is 11.5 Å². The summed E-state index contributed by atoms with van der Waals surface area (Å²) in [6, 6.07) is 7.85. The summed E-state index contributed by atoms with van der Waals surface area (Å²) < 4.78 is 8.11. The number of benzene rings is 1. The molecule has 0 aliphatic rings. The summed E-state index contributed by atoms with van der Waals surface area (Å²) in [6.07, 6.45) is 0.345. The molecule has 100 valence electrons. The third-order valence-electron chi connectivity index (χ3n) is 2.81. The molecule has 0 atom stereocenters. The van der Waals surface area contributed by atoms with Gasteiger partial charge >= 0.3 is 5.97 Å². The highest BCUT2D eigenvalue weighted by molar-refractivity contribution is 9.10. The fraction of sp³-hybridized carbons (Fsp3) is 0.286. The zero-order chi connectivity index (χ0) is 14.0. The first-order chi connectivity index (χ1) is 9.02. The molecule has 0 N–H and O–H groups in total. The standard InChI is InChI=1S/C14H15BrN2O2/c1-4-12(18)19-14-9(2)16-13(17(14)3)10-5-7-11(15)8-6-10/h5-8H,4H2,1-3H3. The molecule has 4 nitrogen and oxygen atoms in total. The second kappa shape index (κ2) is 5.57. The fourth-order valence-electron chi connectivity index (χ4n) is 1.80. The fourth-order valence-corrected chi connectivity index (χ4v) is 2.06. The van der Waals surface area contributed by atoms with E-state index in [2.05, 4.69) is 20.9 Å². The zero-order valence-electron chi connectivity index (χ0n) is 11.1. The van der Waals surface area contributed by atoms with Gasteiger partial charge in [-0.05, 0) is 19.1 Å². The Hall–Kier alpha value is -1.62. The van der Waals surface area contributed by atoms with Crippen molar-refractivity contribution in [1.82, 2.24) is 9.55 Å². The summed E-state index contributed by atoms with van der Waals surface area (Å²) in [5, 5.41) is 0. The van der Waals surface area contributed by atoms with E-state index in [1.54, 1.807) is 11.5 Å². The number of aryl methyl sites for hydroxylation is 1. The van der Waals surface area contributed by atoms with Crippen molar-refractivity contribution < 1.29 is 9.53 Å². The van der Waals surface area contributed by atoms with Gasteiger partial charge in [-0.25, -0.2) is 4.98 Å². The van der Waals surface area contributed by atoms with E-state index in [0.29, 0.717) is 18.0 Å². The molecule has 5 heteroatoms. The van der Waals surface area contributed by atoms with Crippen LogP contribution in [0.5, 0.6) is 5.88 Å². The number of aromatic nitrogens is 2. The van der Waals surface area contributed by atoms with Crippen LogP contribution >= 0.6 is 15.9 Å². The summed E-state index contributed by atoms with van der Waals surface area (Å²) in [6.45, 7) is 3.60. The second-order valence-corrected chi connectivity index (χ2v) is 5.14. The highest BCUT2D eigenvalue weighted by atomic mass is 79.9. The van der Waals surface area contributed by atoms with Gasteiger partial charge in [0.05, 0.1) is 0 Å². The van der Waals surface area contributed by atoms with Crippen molar-refractivity contribution in [2.24, 2.45) is 7.05 Å². The van der Waals surface area contributed by atoms with E-state index >= 15 is 0 Å². The molecule has 0 aliphatic carbocycles. The molecule has 1 aromatic heterocycles. The third-order valence-corrected chi connectivity index (χ3v) is 3.34. The van der Waals surface area contributed by atoms with Crippen LogP contribution in [0.3, 0.4) is 0 Å². The molecule has 0 aliphatic heterocycles. The molecule has 0 radical (unpaired) electrons. The number of halogens is 1. The van der Waals surface area contributed by atoms with E-state index in [0.717, 1.165) is 15.9 Å². The molecule has 1 heterocycles. The summed E-state index contributed by atoms with van der Waals surface area (Å²) in [5.41, 5.74) is 1.69. The van der Waals surface area contributed by atoms with E-state index in [1.165, 1.54) is 0 Å². The Labute approximate surface area is 120 Å². The number of hydrogen-bond donors (Lipinski definition) is 0. The lowest BCUT2D eigenvalue weighted by molar-refractivity contribution is -0.134. The Bertz CT molecular complexity index is 603. The van der Waals surface area contributed by atoms with Crippen molar-refractivity contribution in [3.8, 4) is 17.3 Å². The van der Waals surface area contributed by atoms with Crippen LogP contribution in [0.2, 0.25) is 0 Å². The molecule has 0 amide bonds. The van der Waals surface area contributed by atoms with E-state index < -0.39 is 0 Å². The summed E-state index contributed by atoms with van der Waals surface area (Å²) >= 11 is 3.40. The van der Waals surface area contributed by atoms with E-state index in [-0.39, 0.29) is 5.97 Å². The Kier molecular flexibility index (Phi) is 4.04. The molecular formula is C14H15BrN2O2. The Balaban J connectivity index is 2.40. The average Bonchev–Trinajstić information content (AvgIpc) is 2.67. The van der Waals surface area contributed by atoms with E-state index in [9.17, 15) is 4.79 Å². The minimum absolute atomic E-state index is 0.256. The quantitative estimate of drug-likeness (QED) is 0.813. The van der Waals surface area contributed by atoms with Crippen molar-refractivity contribution in [2.45, 2.75) is 20.3 Å². The predicted molar refractivity (Wildman–Crippen MR) is 77.0 cm³/mol. The SMILES string of the molecule is CCC(=O)Oc1c(C)nc(-c2ccc(Br)cc2)n1C. The van der Waals surface area contributed by atoms with Gasteiger partial charge in [-0.15, -0.1) is 0 Å². The van der Waals surface area contributed by atoms with Gasteiger partial charge in [0.25, 0.3) is 0 Å². The molecule has 0 unspecified atom stereocenters. The lowest BCUT2D eigenvalue weighted by Crippen LogP contribution is -2.09.